The number of oxazole rings is 1. The van der Waals surface area contributed by atoms with Gasteiger partial charge in [0.15, 0.2) is 12.3 Å². The minimum atomic E-state index is -0.277. The number of para-hydroxylation sites is 2. The van der Waals surface area contributed by atoms with Crippen LogP contribution in [-0.2, 0) is 6.67 Å². The van der Waals surface area contributed by atoms with Gasteiger partial charge in [-0.3, -0.25) is 0 Å². The fourth-order valence-corrected chi connectivity index (χ4v) is 3.48. The van der Waals surface area contributed by atoms with E-state index in [4.69, 9.17) is 16.0 Å². The first kappa shape index (κ1) is 15.3. The molecule has 3 aromatic rings. The number of fused-ring (bicyclic) bond motifs is 1. The van der Waals surface area contributed by atoms with Crippen molar-refractivity contribution < 1.29 is 9.32 Å². The maximum absolute atomic E-state index is 12.1. The molecule has 0 saturated carbocycles. The minimum Gasteiger partial charge on any atom is -0.408 e. The predicted octanol–water partition coefficient (Wildman–Crippen LogP) is 1.61. The second-order valence-electron chi connectivity index (χ2n) is 6.14. The summed E-state index contributed by atoms with van der Waals surface area (Å²) < 4.78 is 7.05. The Hall–Kier alpha value is -2.24. The third-order valence-corrected chi connectivity index (χ3v) is 4.83. The first-order chi connectivity index (χ1) is 11.7. The van der Waals surface area contributed by atoms with Crippen LogP contribution in [0.2, 0.25) is 5.02 Å². The first-order valence-electron chi connectivity index (χ1n) is 8.13. The van der Waals surface area contributed by atoms with Crippen LogP contribution in [-0.4, -0.2) is 30.7 Å². The van der Waals surface area contributed by atoms with Gasteiger partial charge in [0.2, 0.25) is 0 Å². The molecule has 0 amide bonds. The van der Waals surface area contributed by atoms with Gasteiger partial charge in [-0.05, 0) is 30.3 Å². The highest BCUT2D eigenvalue weighted by atomic mass is 35.5. The number of quaternary nitrogens is 1. The van der Waals surface area contributed by atoms with Crippen molar-refractivity contribution in [3.05, 3.63) is 64.1 Å². The summed E-state index contributed by atoms with van der Waals surface area (Å²) in [7, 11) is 0. The fourth-order valence-electron chi connectivity index (χ4n) is 3.30. The number of anilines is 1. The van der Waals surface area contributed by atoms with Crippen molar-refractivity contribution in [1.29, 1.82) is 0 Å². The highest BCUT2D eigenvalue weighted by Gasteiger charge is 2.22. The van der Waals surface area contributed by atoms with E-state index >= 15 is 0 Å². The van der Waals surface area contributed by atoms with Crippen molar-refractivity contribution in [1.82, 2.24) is 4.57 Å². The predicted molar refractivity (Wildman–Crippen MR) is 94.8 cm³/mol. The van der Waals surface area contributed by atoms with Gasteiger partial charge >= 0.3 is 5.76 Å². The van der Waals surface area contributed by atoms with Gasteiger partial charge < -0.3 is 14.2 Å². The van der Waals surface area contributed by atoms with E-state index < -0.39 is 0 Å². The largest absolute Gasteiger partial charge is 0.424 e. The summed E-state index contributed by atoms with van der Waals surface area (Å²) in [6.45, 7) is 4.47. The lowest BCUT2D eigenvalue weighted by Crippen LogP contribution is -3.14. The monoisotopic (exact) mass is 344 g/mol. The number of rotatable bonds is 3. The molecule has 2 heterocycles. The van der Waals surface area contributed by atoms with E-state index in [1.807, 2.05) is 42.5 Å². The van der Waals surface area contributed by atoms with Crippen LogP contribution in [0.25, 0.3) is 11.1 Å². The second kappa shape index (κ2) is 6.34. The molecule has 24 heavy (non-hydrogen) atoms. The molecule has 0 atom stereocenters. The normalized spacial score (nSPS) is 16.0. The van der Waals surface area contributed by atoms with Crippen molar-refractivity contribution in [3.8, 4) is 0 Å². The molecule has 6 heteroatoms. The standard InChI is InChI=1S/C18H18ClN3O2/c19-14-4-3-5-15(12-14)21-10-8-20(9-11-21)13-22-16-6-1-2-7-17(16)24-18(22)23/h1-7,12H,8-11,13H2/p+1. The number of halogens is 1. The molecule has 0 spiro atoms. The number of hydrogen-bond donors (Lipinski definition) is 1. The van der Waals surface area contributed by atoms with E-state index in [0.717, 1.165) is 42.4 Å². The number of hydrogen-bond acceptors (Lipinski definition) is 3. The maximum Gasteiger partial charge on any atom is 0.424 e. The Morgan fingerprint density at radius 2 is 1.88 bits per heavy atom. The first-order valence-corrected chi connectivity index (χ1v) is 8.51. The van der Waals surface area contributed by atoms with Crippen molar-refractivity contribution in [2.45, 2.75) is 6.67 Å². The maximum atomic E-state index is 12.1. The van der Waals surface area contributed by atoms with Crippen LogP contribution in [0.1, 0.15) is 0 Å². The van der Waals surface area contributed by atoms with Crippen LogP contribution in [0.15, 0.2) is 57.7 Å². The zero-order valence-electron chi connectivity index (χ0n) is 13.2. The molecule has 1 fully saturated rings. The Bertz CT molecular complexity index is 910. The smallest absolute Gasteiger partial charge is 0.408 e. The summed E-state index contributed by atoms with van der Waals surface area (Å²) in [5, 5.41) is 0.763. The average molecular weight is 345 g/mol. The molecule has 0 aliphatic carbocycles. The van der Waals surface area contributed by atoms with E-state index in [0.29, 0.717) is 12.3 Å². The third-order valence-electron chi connectivity index (χ3n) is 4.60. The lowest BCUT2D eigenvalue weighted by molar-refractivity contribution is -0.923. The topological polar surface area (TPSA) is 42.8 Å². The molecule has 1 aromatic heterocycles. The molecular weight excluding hydrogens is 326 g/mol. The molecule has 2 aromatic carbocycles. The van der Waals surface area contributed by atoms with E-state index in [1.165, 1.54) is 4.90 Å². The molecule has 4 rings (SSSR count). The second-order valence-corrected chi connectivity index (χ2v) is 6.58. The quantitative estimate of drug-likeness (QED) is 0.785. The number of piperazine rings is 1. The van der Waals surface area contributed by atoms with Crippen molar-refractivity contribution >= 4 is 28.4 Å². The summed E-state index contributed by atoms with van der Waals surface area (Å²) in [6, 6.07) is 15.5. The van der Waals surface area contributed by atoms with E-state index in [2.05, 4.69) is 11.0 Å². The van der Waals surface area contributed by atoms with Gasteiger partial charge in [0.25, 0.3) is 0 Å². The molecule has 5 nitrogen and oxygen atoms in total. The number of benzene rings is 2. The van der Waals surface area contributed by atoms with Gasteiger partial charge in [0.1, 0.15) is 0 Å². The van der Waals surface area contributed by atoms with Crippen LogP contribution in [0.3, 0.4) is 0 Å². The van der Waals surface area contributed by atoms with Crippen molar-refractivity contribution in [2.24, 2.45) is 0 Å². The summed E-state index contributed by atoms with van der Waals surface area (Å²) in [6.07, 6.45) is 0. The van der Waals surface area contributed by atoms with E-state index in [9.17, 15) is 4.79 Å². The lowest BCUT2D eigenvalue weighted by Gasteiger charge is -2.33. The molecule has 1 saturated heterocycles. The number of nitrogens with one attached hydrogen (secondary N) is 1. The van der Waals surface area contributed by atoms with E-state index in [-0.39, 0.29) is 5.76 Å². The Morgan fingerprint density at radius 1 is 1.08 bits per heavy atom. The van der Waals surface area contributed by atoms with E-state index in [1.54, 1.807) is 4.57 Å². The molecule has 124 valence electrons. The van der Waals surface area contributed by atoms with Crippen molar-refractivity contribution in [2.75, 3.05) is 31.1 Å². The zero-order chi connectivity index (χ0) is 16.5. The fraction of sp³-hybridized carbons (Fsp3) is 0.278. The molecule has 0 radical (unpaired) electrons. The van der Waals surface area contributed by atoms with Crippen LogP contribution < -0.4 is 15.6 Å². The zero-order valence-corrected chi connectivity index (χ0v) is 14.0. The lowest BCUT2D eigenvalue weighted by atomic mass is 10.2. The molecule has 1 aliphatic rings. The molecule has 1 N–H and O–H groups in total. The summed E-state index contributed by atoms with van der Waals surface area (Å²) in [5.74, 6) is -0.277. The molecule has 0 bridgehead atoms. The Morgan fingerprint density at radius 3 is 2.67 bits per heavy atom. The average Bonchev–Trinajstić information content (AvgIpc) is 2.91. The van der Waals surface area contributed by atoms with Crippen LogP contribution in [0.4, 0.5) is 5.69 Å². The van der Waals surface area contributed by atoms with Crippen LogP contribution >= 0.6 is 11.6 Å². The number of nitrogens with zero attached hydrogens (tertiary/aromatic N) is 2. The summed E-state index contributed by atoms with van der Waals surface area (Å²) in [5.41, 5.74) is 2.68. The van der Waals surface area contributed by atoms with Gasteiger partial charge in [0, 0.05) is 10.7 Å². The minimum absolute atomic E-state index is 0.277. The van der Waals surface area contributed by atoms with Gasteiger partial charge in [0.05, 0.1) is 31.7 Å². The Balaban J connectivity index is 1.46. The summed E-state index contributed by atoms with van der Waals surface area (Å²) >= 11 is 6.08. The SMILES string of the molecule is O=c1oc2ccccc2n1C[NH+]1CCN(c2cccc(Cl)c2)CC1. The molecule has 0 unspecified atom stereocenters. The molecular formula is C18H19ClN3O2+. The highest BCUT2D eigenvalue weighted by Crippen LogP contribution is 2.19. The van der Waals surface area contributed by atoms with Gasteiger partial charge in [-0.2, -0.15) is 0 Å². The summed E-state index contributed by atoms with van der Waals surface area (Å²) in [4.78, 5) is 15.8. The van der Waals surface area contributed by atoms with Gasteiger partial charge in [-0.1, -0.05) is 29.8 Å². The Kier molecular flexibility index (Phi) is 4.04. The van der Waals surface area contributed by atoms with Gasteiger partial charge in [-0.25, -0.2) is 9.36 Å². The van der Waals surface area contributed by atoms with Crippen LogP contribution in [0, 0.1) is 0 Å². The third kappa shape index (κ3) is 2.92. The van der Waals surface area contributed by atoms with Gasteiger partial charge in [-0.15, -0.1) is 0 Å². The Labute approximate surface area is 144 Å². The number of aromatic nitrogens is 1. The highest BCUT2D eigenvalue weighted by molar-refractivity contribution is 6.30. The van der Waals surface area contributed by atoms with Crippen LogP contribution in [0.5, 0.6) is 0 Å². The van der Waals surface area contributed by atoms with Crippen molar-refractivity contribution in [3.63, 3.8) is 0 Å². The molecule has 1 aliphatic heterocycles.